The Morgan fingerprint density at radius 3 is 2.61 bits per heavy atom. The summed E-state index contributed by atoms with van der Waals surface area (Å²) in [7, 11) is 1.70. The molecule has 0 aromatic heterocycles. The number of methoxy groups -OCH3 is 1. The number of rotatable bonds is 7. The van der Waals surface area contributed by atoms with Crippen molar-refractivity contribution in [1.82, 2.24) is 5.32 Å². The highest BCUT2D eigenvalue weighted by atomic mass is 16.5. The minimum Gasteiger partial charge on any atom is -0.496 e. The molecule has 0 radical (unpaired) electrons. The maximum Gasteiger partial charge on any atom is 0.122 e. The molecular weight excluding hydrogens is 226 g/mol. The molecule has 0 unspecified atom stereocenters. The molecule has 1 aromatic rings. The predicted molar refractivity (Wildman–Crippen MR) is 75.2 cm³/mol. The molecule has 18 heavy (non-hydrogen) atoms. The monoisotopic (exact) mass is 251 g/mol. The van der Waals surface area contributed by atoms with E-state index in [0.29, 0.717) is 6.54 Å². The van der Waals surface area contributed by atoms with E-state index in [2.05, 4.69) is 24.4 Å². The molecule has 0 aliphatic rings. The summed E-state index contributed by atoms with van der Waals surface area (Å²) in [6.45, 7) is 7.20. The van der Waals surface area contributed by atoms with Crippen LogP contribution in [0.3, 0.4) is 0 Å². The molecule has 0 saturated carbocycles. The Hall–Kier alpha value is -1.06. The van der Waals surface area contributed by atoms with Crippen molar-refractivity contribution in [2.24, 2.45) is 0 Å². The number of ether oxygens (including phenoxy) is 1. The molecule has 0 aliphatic heterocycles. The molecule has 3 nitrogen and oxygen atoms in total. The molecule has 0 aliphatic carbocycles. The maximum atomic E-state index is 9.61. The van der Waals surface area contributed by atoms with Crippen molar-refractivity contribution in [3.8, 4) is 5.75 Å². The summed E-state index contributed by atoms with van der Waals surface area (Å²) in [6, 6.07) is 6.33. The van der Waals surface area contributed by atoms with Gasteiger partial charge in [-0.25, -0.2) is 0 Å². The molecule has 0 fully saturated rings. The third kappa shape index (κ3) is 5.07. The van der Waals surface area contributed by atoms with Gasteiger partial charge in [0.2, 0.25) is 0 Å². The van der Waals surface area contributed by atoms with Gasteiger partial charge in [-0.15, -0.1) is 0 Å². The fraction of sp³-hybridized carbons (Fsp3) is 0.600. The first-order valence-corrected chi connectivity index (χ1v) is 6.55. The molecule has 0 spiro atoms. The Kier molecular flexibility index (Phi) is 5.63. The minimum absolute atomic E-state index is 0.600. The third-order valence-electron chi connectivity index (χ3n) is 2.88. The van der Waals surface area contributed by atoms with E-state index in [1.54, 1.807) is 21.0 Å². The molecule has 0 heterocycles. The van der Waals surface area contributed by atoms with Crippen LogP contribution in [0.4, 0.5) is 0 Å². The summed E-state index contributed by atoms with van der Waals surface area (Å²) in [5, 5.41) is 12.9. The van der Waals surface area contributed by atoms with Crippen molar-refractivity contribution in [2.45, 2.75) is 39.2 Å². The normalized spacial score (nSPS) is 11.6. The number of aliphatic hydroxyl groups is 1. The standard InChI is InChI=1S/C15H25NO2/c1-5-12-6-7-14(18-4)13(10-12)8-9-16-11-15(2,3)17/h6-7,10,16-17H,5,8-9,11H2,1-4H3. The Balaban J connectivity index is 2.54. The van der Waals surface area contributed by atoms with Gasteiger partial charge in [-0.2, -0.15) is 0 Å². The van der Waals surface area contributed by atoms with Crippen LogP contribution in [0.15, 0.2) is 18.2 Å². The quantitative estimate of drug-likeness (QED) is 0.730. The van der Waals surface area contributed by atoms with Gasteiger partial charge in [-0.3, -0.25) is 0 Å². The van der Waals surface area contributed by atoms with E-state index in [-0.39, 0.29) is 0 Å². The van der Waals surface area contributed by atoms with E-state index in [1.165, 1.54) is 11.1 Å². The number of hydrogen-bond donors (Lipinski definition) is 2. The van der Waals surface area contributed by atoms with Crippen LogP contribution in [-0.4, -0.2) is 30.9 Å². The van der Waals surface area contributed by atoms with E-state index in [4.69, 9.17) is 4.74 Å². The molecule has 1 rings (SSSR count). The van der Waals surface area contributed by atoms with Gasteiger partial charge in [0, 0.05) is 6.54 Å². The summed E-state index contributed by atoms with van der Waals surface area (Å²) < 4.78 is 5.37. The van der Waals surface area contributed by atoms with Crippen LogP contribution in [0.2, 0.25) is 0 Å². The smallest absolute Gasteiger partial charge is 0.122 e. The Morgan fingerprint density at radius 1 is 1.33 bits per heavy atom. The second-order valence-corrected chi connectivity index (χ2v) is 5.24. The molecule has 0 amide bonds. The Labute approximate surface area is 110 Å². The zero-order valence-corrected chi connectivity index (χ0v) is 11.9. The molecule has 0 bridgehead atoms. The Bertz CT molecular complexity index is 369. The van der Waals surface area contributed by atoms with Gasteiger partial charge < -0.3 is 15.2 Å². The minimum atomic E-state index is -0.657. The van der Waals surface area contributed by atoms with Crippen LogP contribution in [0, 0.1) is 0 Å². The molecule has 2 N–H and O–H groups in total. The average molecular weight is 251 g/mol. The fourth-order valence-corrected chi connectivity index (χ4v) is 1.86. The lowest BCUT2D eigenvalue weighted by Gasteiger charge is -2.18. The van der Waals surface area contributed by atoms with Gasteiger partial charge in [0.1, 0.15) is 5.75 Å². The van der Waals surface area contributed by atoms with Gasteiger partial charge in [-0.1, -0.05) is 19.1 Å². The molecule has 0 saturated heterocycles. The fourth-order valence-electron chi connectivity index (χ4n) is 1.86. The highest BCUT2D eigenvalue weighted by Crippen LogP contribution is 2.20. The zero-order chi connectivity index (χ0) is 13.6. The molecule has 0 atom stereocenters. The molecule has 3 heteroatoms. The van der Waals surface area contributed by atoms with Gasteiger partial charge in [-0.05, 0) is 50.4 Å². The number of aryl methyl sites for hydroxylation is 1. The van der Waals surface area contributed by atoms with Gasteiger partial charge in [0.25, 0.3) is 0 Å². The van der Waals surface area contributed by atoms with Gasteiger partial charge in [0.15, 0.2) is 0 Å². The first-order chi connectivity index (χ1) is 8.46. The molecule has 1 aromatic carbocycles. The summed E-state index contributed by atoms with van der Waals surface area (Å²) in [4.78, 5) is 0. The third-order valence-corrected chi connectivity index (χ3v) is 2.88. The second kappa shape index (κ2) is 6.76. The lowest BCUT2D eigenvalue weighted by atomic mass is 10.0. The van der Waals surface area contributed by atoms with Crippen LogP contribution in [-0.2, 0) is 12.8 Å². The lowest BCUT2D eigenvalue weighted by Crippen LogP contribution is -2.35. The average Bonchev–Trinajstić information content (AvgIpc) is 2.33. The van der Waals surface area contributed by atoms with E-state index >= 15 is 0 Å². The lowest BCUT2D eigenvalue weighted by molar-refractivity contribution is 0.0801. The van der Waals surface area contributed by atoms with Crippen LogP contribution in [0.1, 0.15) is 31.9 Å². The number of nitrogens with one attached hydrogen (secondary N) is 1. The van der Waals surface area contributed by atoms with Crippen LogP contribution in [0.25, 0.3) is 0 Å². The topological polar surface area (TPSA) is 41.5 Å². The summed E-state index contributed by atoms with van der Waals surface area (Å²) in [5.74, 6) is 0.942. The Morgan fingerprint density at radius 2 is 2.06 bits per heavy atom. The molecular formula is C15H25NO2. The van der Waals surface area contributed by atoms with E-state index in [1.807, 2.05) is 6.07 Å². The SMILES string of the molecule is CCc1ccc(OC)c(CCNCC(C)(C)O)c1. The van der Waals surface area contributed by atoms with Crippen LogP contribution >= 0.6 is 0 Å². The second-order valence-electron chi connectivity index (χ2n) is 5.24. The van der Waals surface area contributed by atoms with Crippen molar-refractivity contribution < 1.29 is 9.84 Å². The van der Waals surface area contributed by atoms with Gasteiger partial charge in [0.05, 0.1) is 12.7 Å². The maximum absolute atomic E-state index is 9.61. The first kappa shape index (κ1) is 15.0. The largest absolute Gasteiger partial charge is 0.496 e. The van der Waals surface area contributed by atoms with E-state index in [0.717, 1.165) is 25.1 Å². The van der Waals surface area contributed by atoms with Crippen molar-refractivity contribution >= 4 is 0 Å². The number of benzene rings is 1. The van der Waals surface area contributed by atoms with Gasteiger partial charge >= 0.3 is 0 Å². The predicted octanol–water partition coefficient (Wildman–Crippen LogP) is 2.16. The number of hydrogen-bond acceptors (Lipinski definition) is 3. The summed E-state index contributed by atoms with van der Waals surface area (Å²) in [5.41, 5.74) is 1.89. The zero-order valence-electron chi connectivity index (χ0n) is 11.9. The van der Waals surface area contributed by atoms with E-state index in [9.17, 15) is 5.11 Å². The van der Waals surface area contributed by atoms with Crippen molar-refractivity contribution in [3.63, 3.8) is 0 Å². The van der Waals surface area contributed by atoms with Crippen molar-refractivity contribution in [2.75, 3.05) is 20.2 Å². The van der Waals surface area contributed by atoms with Crippen molar-refractivity contribution in [3.05, 3.63) is 29.3 Å². The molecule has 102 valence electrons. The highest BCUT2D eigenvalue weighted by molar-refractivity contribution is 5.37. The van der Waals surface area contributed by atoms with Crippen LogP contribution < -0.4 is 10.1 Å². The van der Waals surface area contributed by atoms with E-state index < -0.39 is 5.60 Å². The first-order valence-electron chi connectivity index (χ1n) is 6.55. The summed E-state index contributed by atoms with van der Waals surface area (Å²) >= 11 is 0. The highest BCUT2D eigenvalue weighted by Gasteiger charge is 2.11. The van der Waals surface area contributed by atoms with Crippen LogP contribution in [0.5, 0.6) is 5.75 Å². The van der Waals surface area contributed by atoms with Crippen molar-refractivity contribution in [1.29, 1.82) is 0 Å². The summed E-state index contributed by atoms with van der Waals surface area (Å²) in [6.07, 6.45) is 1.95.